The van der Waals surface area contributed by atoms with E-state index in [1.165, 1.54) is 6.07 Å². The normalized spacial score (nSPS) is 12.5. The number of benzene rings is 1. The van der Waals surface area contributed by atoms with Crippen LogP contribution in [0, 0.1) is 0 Å². The van der Waals surface area contributed by atoms with Gasteiger partial charge in [-0.15, -0.1) is 0 Å². The maximum Gasteiger partial charge on any atom is 0.287 e. The predicted molar refractivity (Wildman–Crippen MR) is 99.3 cm³/mol. The van der Waals surface area contributed by atoms with E-state index in [0.717, 1.165) is 17.7 Å². The molecule has 2 aromatic heterocycles. The molecule has 0 fully saturated rings. The van der Waals surface area contributed by atoms with E-state index >= 15 is 0 Å². The van der Waals surface area contributed by atoms with Crippen LogP contribution in [0.2, 0.25) is 0 Å². The Morgan fingerprint density at radius 3 is 2.69 bits per heavy atom. The van der Waals surface area contributed by atoms with Gasteiger partial charge < -0.3 is 14.2 Å². The van der Waals surface area contributed by atoms with Gasteiger partial charge in [-0.1, -0.05) is 13.0 Å². The molecule has 2 heterocycles. The van der Waals surface area contributed by atoms with Gasteiger partial charge in [-0.3, -0.25) is 14.5 Å². The summed E-state index contributed by atoms with van der Waals surface area (Å²) in [5, 5.41) is 3.30. The topological polar surface area (TPSA) is 75.7 Å². The summed E-state index contributed by atoms with van der Waals surface area (Å²) >= 11 is 0. The second kappa shape index (κ2) is 7.58. The van der Waals surface area contributed by atoms with Crippen molar-refractivity contribution < 1.29 is 13.6 Å². The van der Waals surface area contributed by atoms with Crippen LogP contribution >= 0.6 is 0 Å². The van der Waals surface area contributed by atoms with Crippen molar-refractivity contribution in [2.45, 2.75) is 19.4 Å². The summed E-state index contributed by atoms with van der Waals surface area (Å²) in [4.78, 5) is 26.8. The SMILES string of the molecule is CCc1ccc2oc(C(=O)NCC(c3ccco3)N(C)C)cc(=O)c2c1. The molecule has 3 rings (SSSR count). The number of carbonyl (C=O) groups excluding carboxylic acids is 1. The molecule has 1 amide bonds. The fraction of sp³-hybridized carbons (Fsp3) is 0.300. The second-order valence-electron chi connectivity index (χ2n) is 6.36. The minimum atomic E-state index is -0.429. The van der Waals surface area contributed by atoms with Gasteiger partial charge in [0.2, 0.25) is 0 Å². The first kappa shape index (κ1) is 17.9. The van der Waals surface area contributed by atoms with E-state index in [1.807, 2.05) is 44.1 Å². The summed E-state index contributed by atoms with van der Waals surface area (Å²) in [6.07, 6.45) is 2.43. The maximum atomic E-state index is 12.5. The fourth-order valence-corrected chi connectivity index (χ4v) is 2.83. The number of fused-ring (bicyclic) bond motifs is 1. The summed E-state index contributed by atoms with van der Waals surface area (Å²) in [6.45, 7) is 2.35. The van der Waals surface area contributed by atoms with Crippen LogP contribution in [-0.2, 0) is 6.42 Å². The Hall–Kier alpha value is -2.86. The third-order valence-corrected chi connectivity index (χ3v) is 4.37. The van der Waals surface area contributed by atoms with Crippen LogP contribution < -0.4 is 10.7 Å². The minimum absolute atomic E-state index is 0.00343. The molecule has 6 nitrogen and oxygen atoms in total. The summed E-state index contributed by atoms with van der Waals surface area (Å²) in [7, 11) is 3.81. The lowest BCUT2D eigenvalue weighted by molar-refractivity contribution is 0.0912. The number of aryl methyl sites for hydroxylation is 1. The van der Waals surface area contributed by atoms with Crippen molar-refractivity contribution in [2.24, 2.45) is 0 Å². The molecule has 0 aliphatic carbocycles. The lowest BCUT2D eigenvalue weighted by Crippen LogP contribution is -2.34. The van der Waals surface area contributed by atoms with Gasteiger partial charge in [0.05, 0.1) is 17.7 Å². The molecule has 136 valence electrons. The maximum absolute atomic E-state index is 12.5. The Morgan fingerprint density at radius 1 is 1.23 bits per heavy atom. The number of hydrogen-bond acceptors (Lipinski definition) is 5. The molecule has 0 radical (unpaired) electrons. The fourth-order valence-electron chi connectivity index (χ4n) is 2.83. The molecule has 3 aromatic rings. The molecule has 0 aliphatic rings. The van der Waals surface area contributed by atoms with Gasteiger partial charge in [-0.2, -0.15) is 0 Å². The lowest BCUT2D eigenvalue weighted by atomic mass is 10.1. The van der Waals surface area contributed by atoms with E-state index in [2.05, 4.69) is 5.32 Å². The zero-order valence-electron chi connectivity index (χ0n) is 15.1. The first-order valence-corrected chi connectivity index (χ1v) is 8.54. The van der Waals surface area contributed by atoms with E-state index in [0.29, 0.717) is 17.5 Å². The van der Waals surface area contributed by atoms with E-state index in [1.54, 1.807) is 18.4 Å². The first-order chi connectivity index (χ1) is 12.5. The Bertz CT molecular complexity index is 958. The van der Waals surface area contributed by atoms with Crippen molar-refractivity contribution in [1.82, 2.24) is 10.2 Å². The zero-order chi connectivity index (χ0) is 18.7. The average molecular weight is 354 g/mol. The monoisotopic (exact) mass is 354 g/mol. The Morgan fingerprint density at radius 2 is 2.04 bits per heavy atom. The third kappa shape index (κ3) is 3.70. The highest BCUT2D eigenvalue weighted by Gasteiger charge is 2.19. The molecule has 1 atom stereocenters. The molecule has 0 bridgehead atoms. The van der Waals surface area contributed by atoms with Crippen molar-refractivity contribution >= 4 is 16.9 Å². The van der Waals surface area contributed by atoms with Crippen molar-refractivity contribution in [3.63, 3.8) is 0 Å². The van der Waals surface area contributed by atoms with Crippen LogP contribution in [0.1, 0.15) is 34.8 Å². The summed E-state index contributed by atoms with van der Waals surface area (Å²) in [6, 6.07) is 10.2. The van der Waals surface area contributed by atoms with Gasteiger partial charge >= 0.3 is 0 Å². The van der Waals surface area contributed by atoms with E-state index in [-0.39, 0.29) is 17.2 Å². The van der Waals surface area contributed by atoms with Crippen molar-refractivity contribution in [3.05, 3.63) is 70.0 Å². The summed E-state index contributed by atoms with van der Waals surface area (Å²) < 4.78 is 11.1. The molecule has 26 heavy (non-hydrogen) atoms. The Balaban J connectivity index is 1.80. The van der Waals surface area contributed by atoms with Crippen molar-refractivity contribution in [1.29, 1.82) is 0 Å². The van der Waals surface area contributed by atoms with Crippen molar-refractivity contribution in [3.8, 4) is 0 Å². The van der Waals surface area contributed by atoms with Crippen LogP contribution in [0.4, 0.5) is 0 Å². The standard InChI is InChI=1S/C20H22N2O4/c1-4-13-7-8-17-14(10-13)16(23)11-19(26-17)20(24)21-12-15(22(2)3)18-6-5-9-25-18/h5-11,15H,4,12H2,1-3H3,(H,21,24). The van der Waals surface area contributed by atoms with Crippen LogP contribution in [0.25, 0.3) is 11.0 Å². The van der Waals surface area contributed by atoms with Crippen molar-refractivity contribution in [2.75, 3.05) is 20.6 Å². The van der Waals surface area contributed by atoms with Crippen LogP contribution in [0.15, 0.2) is 56.3 Å². The summed E-state index contributed by atoms with van der Waals surface area (Å²) in [5.74, 6) is 0.327. The predicted octanol–water partition coefficient (Wildman–Crippen LogP) is 2.98. The number of furan rings is 1. The highest BCUT2D eigenvalue weighted by atomic mass is 16.3. The second-order valence-corrected chi connectivity index (χ2v) is 6.36. The number of nitrogens with one attached hydrogen (secondary N) is 1. The molecule has 0 aliphatic heterocycles. The lowest BCUT2D eigenvalue weighted by Gasteiger charge is -2.22. The summed E-state index contributed by atoms with van der Waals surface area (Å²) in [5.41, 5.74) is 1.24. The first-order valence-electron chi connectivity index (χ1n) is 8.54. The van der Waals surface area contributed by atoms with Crippen LogP contribution in [0.3, 0.4) is 0 Å². The van der Waals surface area contributed by atoms with E-state index in [9.17, 15) is 9.59 Å². The van der Waals surface area contributed by atoms with E-state index < -0.39 is 5.91 Å². The largest absolute Gasteiger partial charge is 0.468 e. The molecule has 1 aromatic carbocycles. The molecule has 1 N–H and O–H groups in total. The molecule has 1 unspecified atom stereocenters. The number of carbonyl (C=O) groups is 1. The molecule has 6 heteroatoms. The van der Waals surface area contributed by atoms with Gasteiger partial charge in [0.1, 0.15) is 11.3 Å². The number of nitrogens with zero attached hydrogens (tertiary/aromatic N) is 1. The van der Waals surface area contributed by atoms with E-state index in [4.69, 9.17) is 8.83 Å². The Kier molecular flexibility index (Phi) is 5.23. The van der Waals surface area contributed by atoms with Gasteiger partial charge in [0.15, 0.2) is 11.2 Å². The molecule has 0 saturated heterocycles. The van der Waals surface area contributed by atoms with Gasteiger partial charge in [0.25, 0.3) is 5.91 Å². The number of hydrogen-bond donors (Lipinski definition) is 1. The zero-order valence-corrected chi connectivity index (χ0v) is 15.1. The highest BCUT2D eigenvalue weighted by molar-refractivity contribution is 5.93. The van der Waals surface area contributed by atoms with Gasteiger partial charge in [0, 0.05) is 12.6 Å². The molecule has 0 saturated carbocycles. The molecular formula is C20H22N2O4. The average Bonchev–Trinajstić information content (AvgIpc) is 3.15. The quantitative estimate of drug-likeness (QED) is 0.736. The van der Waals surface area contributed by atoms with Gasteiger partial charge in [-0.05, 0) is 50.3 Å². The van der Waals surface area contributed by atoms with Crippen LogP contribution in [-0.4, -0.2) is 31.4 Å². The van der Waals surface area contributed by atoms with Crippen LogP contribution in [0.5, 0.6) is 0 Å². The number of rotatable bonds is 6. The number of amides is 1. The Labute approximate surface area is 151 Å². The molecular weight excluding hydrogens is 332 g/mol. The number of likely N-dealkylation sites (N-methyl/N-ethyl adjacent to an activating group) is 1. The van der Waals surface area contributed by atoms with Gasteiger partial charge in [-0.25, -0.2) is 0 Å². The smallest absolute Gasteiger partial charge is 0.287 e. The molecule has 0 spiro atoms. The minimum Gasteiger partial charge on any atom is -0.468 e. The third-order valence-electron chi connectivity index (χ3n) is 4.37. The highest BCUT2D eigenvalue weighted by Crippen LogP contribution is 2.18.